The first-order chi connectivity index (χ1) is 12.2. The standard InChI is InChI=1S/C17H15ClN6O/c18-16-14(8-19)20-9-15(21-16)22-6-3-5-12(10-22)24-11-13-4-1-2-7-23(13)17(24)25/h1-2,4,7,9,11-12H,3,5-6,10H2. The highest BCUT2D eigenvalue weighted by molar-refractivity contribution is 6.30. The number of rotatable bonds is 2. The summed E-state index contributed by atoms with van der Waals surface area (Å²) >= 11 is 6.00. The predicted molar refractivity (Wildman–Crippen MR) is 93.9 cm³/mol. The molecule has 126 valence electrons. The maximum atomic E-state index is 12.6. The lowest BCUT2D eigenvalue weighted by Crippen LogP contribution is -2.40. The molecule has 0 saturated carbocycles. The molecule has 8 heteroatoms. The Morgan fingerprint density at radius 1 is 1.36 bits per heavy atom. The summed E-state index contributed by atoms with van der Waals surface area (Å²) in [6.07, 6.45) is 7.09. The van der Waals surface area contributed by atoms with Crippen molar-refractivity contribution >= 4 is 22.9 Å². The van der Waals surface area contributed by atoms with Crippen molar-refractivity contribution in [2.45, 2.75) is 18.9 Å². The van der Waals surface area contributed by atoms with E-state index in [1.54, 1.807) is 21.4 Å². The molecule has 0 N–H and O–H groups in total. The molecule has 4 rings (SSSR count). The molecule has 4 heterocycles. The summed E-state index contributed by atoms with van der Waals surface area (Å²) in [7, 11) is 0. The Labute approximate surface area is 148 Å². The maximum absolute atomic E-state index is 12.6. The zero-order chi connectivity index (χ0) is 17.4. The predicted octanol–water partition coefficient (Wildman–Crippen LogP) is 2.26. The van der Waals surface area contributed by atoms with Crippen molar-refractivity contribution in [3.63, 3.8) is 0 Å². The Balaban J connectivity index is 1.64. The SMILES string of the molecule is N#Cc1ncc(N2CCCC(n3cc4ccccn4c3=O)C2)nc1Cl. The van der Waals surface area contributed by atoms with Gasteiger partial charge in [-0.05, 0) is 25.0 Å². The van der Waals surface area contributed by atoms with Gasteiger partial charge in [0.2, 0.25) is 0 Å². The molecular weight excluding hydrogens is 340 g/mol. The summed E-state index contributed by atoms with van der Waals surface area (Å²) in [5.74, 6) is 0.630. The largest absolute Gasteiger partial charge is 0.353 e. The van der Waals surface area contributed by atoms with Crippen molar-refractivity contribution in [3.05, 3.63) is 58.1 Å². The summed E-state index contributed by atoms with van der Waals surface area (Å²) < 4.78 is 3.44. The van der Waals surface area contributed by atoms with Crippen LogP contribution in [0.2, 0.25) is 5.15 Å². The molecule has 1 saturated heterocycles. The number of imidazole rings is 1. The molecule has 1 unspecified atom stereocenters. The van der Waals surface area contributed by atoms with Crippen LogP contribution in [0.5, 0.6) is 0 Å². The van der Waals surface area contributed by atoms with E-state index >= 15 is 0 Å². The molecule has 3 aromatic heterocycles. The molecule has 0 radical (unpaired) electrons. The Hall–Kier alpha value is -2.85. The smallest absolute Gasteiger partial charge is 0.333 e. The van der Waals surface area contributed by atoms with Crippen molar-refractivity contribution in [1.82, 2.24) is 18.9 Å². The van der Waals surface area contributed by atoms with Crippen LogP contribution in [0.4, 0.5) is 5.82 Å². The summed E-state index contributed by atoms with van der Waals surface area (Å²) in [5, 5.41) is 9.02. The lowest BCUT2D eigenvalue weighted by molar-refractivity contribution is 0.395. The van der Waals surface area contributed by atoms with E-state index in [4.69, 9.17) is 16.9 Å². The van der Waals surface area contributed by atoms with Crippen LogP contribution in [0, 0.1) is 11.3 Å². The minimum absolute atomic E-state index is 0.0357. The number of piperidine rings is 1. The summed E-state index contributed by atoms with van der Waals surface area (Å²) in [6, 6.07) is 7.65. The average molecular weight is 355 g/mol. The summed E-state index contributed by atoms with van der Waals surface area (Å²) in [6.45, 7) is 1.46. The second-order valence-electron chi connectivity index (χ2n) is 6.04. The molecule has 0 spiro atoms. The van der Waals surface area contributed by atoms with Crippen molar-refractivity contribution in [2.24, 2.45) is 0 Å². The fourth-order valence-corrected chi connectivity index (χ4v) is 3.47. The zero-order valence-corrected chi connectivity index (χ0v) is 14.1. The van der Waals surface area contributed by atoms with Crippen LogP contribution in [0.1, 0.15) is 24.6 Å². The van der Waals surface area contributed by atoms with Gasteiger partial charge in [0.1, 0.15) is 11.9 Å². The van der Waals surface area contributed by atoms with Crippen LogP contribution in [0.25, 0.3) is 5.52 Å². The fourth-order valence-electron chi connectivity index (χ4n) is 3.29. The highest BCUT2D eigenvalue weighted by Crippen LogP contribution is 2.25. The Bertz CT molecular complexity index is 1030. The minimum Gasteiger partial charge on any atom is -0.353 e. The van der Waals surface area contributed by atoms with E-state index in [1.807, 2.05) is 30.5 Å². The van der Waals surface area contributed by atoms with Gasteiger partial charge in [-0.3, -0.25) is 8.97 Å². The van der Waals surface area contributed by atoms with Crippen LogP contribution in [-0.4, -0.2) is 32.0 Å². The van der Waals surface area contributed by atoms with E-state index in [2.05, 4.69) is 14.9 Å². The lowest BCUT2D eigenvalue weighted by Gasteiger charge is -2.33. The molecule has 25 heavy (non-hydrogen) atoms. The lowest BCUT2D eigenvalue weighted by atomic mass is 10.1. The number of nitriles is 1. The third-order valence-corrected chi connectivity index (χ3v) is 4.79. The molecule has 0 bridgehead atoms. The van der Waals surface area contributed by atoms with Gasteiger partial charge in [0.25, 0.3) is 0 Å². The molecule has 1 aliphatic heterocycles. The molecule has 0 aromatic carbocycles. The van der Waals surface area contributed by atoms with E-state index in [0.29, 0.717) is 12.4 Å². The van der Waals surface area contributed by atoms with E-state index in [0.717, 1.165) is 24.9 Å². The Morgan fingerprint density at radius 2 is 2.24 bits per heavy atom. The van der Waals surface area contributed by atoms with Crippen LogP contribution in [0.3, 0.4) is 0 Å². The van der Waals surface area contributed by atoms with Gasteiger partial charge in [0, 0.05) is 25.5 Å². The van der Waals surface area contributed by atoms with Crippen LogP contribution in [-0.2, 0) is 0 Å². The first-order valence-electron chi connectivity index (χ1n) is 8.03. The van der Waals surface area contributed by atoms with Crippen LogP contribution >= 0.6 is 11.6 Å². The van der Waals surface area contributed by atoms with Crippen LogP contribution in [0.15, 0.2) is 41.6 Å². The minimum atomic E-state index is -0.0357. The fraction of sp³-hybridized carbons (Fsp3) is 0.294. The van der Waals surface area contributed by atoms with Crippen molar-refractivity contribution in [1.29, 1.82) is 5.26 Å². The first kappa shape index (κ1) is 15.7. The summed E-state index contributed by atoms with van der Waals surface area (Å²) in [5.41, 5.74) is 0.964. The monoisotopic (exact) mass is 354 g/mol. The molecular formula is C17H15ClN6O. The normalized spacial score (nSPS) is 17.6. The van der Waals surface area contributed by atoms with Crippen molar-refractivity contribution in [2.75, 3.05) is 18.0 Å². The molecule has 1 atom stereocenters. The quantitative estimate of drug-likeness (QED) is 0.705. The van der Waals surface area contributed by atoms with Crippen molar-refractivity contribution in [3.8, 4) is 6.07 Å². The topological polar surface area (TPSA) is 79.2 Å². The molecule has 3 aromatic rings. The third-order valence-electron chi connectivity index (χ3n) is 4.53. The second-order valence-corrected chi connectivity index (χ2v) is 6.39. The number of aromatic nitrogens is 4. The number of halogens is 1. The zero-order valence-electron chi connectivity index (χ0n) is 13.3. The number of hydrogen-bond acceptors (Lipinski definition) is 5. The summed E-state index contributed by atoms with van der Waals surface area (Å²) in [4.78, 5) is 23.0. The van der Waals surface area contributed by atoms with Gasteiger partial charge < -0.3 is 4.90 Å². The van der Waals surface area contributed by atoms with Gasteiger partial charge in [-0.15, -0.1) is 0 Å². The number of anilines is 1. The van der Waals surface area contributed by atoms with Gasteiger partial charge in [0.05, 0.1) is 17.8 Å². The first-order valence-corrected chi connectivity index (χ1v) is 8.41. The molecule has 0 amide bonds. The van der Waals surface area contributed by atoms with E-state index in [9.17, 15) is 4.79 Å². The average Bonchev–Trinajstić information content (AvgIpc) is 2.99. The van der Waals surface area contributed by atoms with Gasteiger partial charge in [-0.1, -0.05) is 17.7 Å². The Morgan fingerprint density at radius 3 is 3.00 bits per heavy atom. The number of fused-ring (bicyclic) bond motifs is 1. The number of nitrogens with zero attached hydrogens (tertiary/aromatic N) is 6. The van der Waals surface area contributed by atoms with E-state index in [1.165, 1.54) is 0 Å². The number of pyridine rings is 1. The maximum Gasteiger partial charge on any atom is 0.333 e. The molecule has 7 nitrogen and oxygen atoms in total. The highest BCUT2D eigenvalue weighted by atomic mass is 35.5. The molecule has 1 aliphatic rings. The molecule has 0 aliphatic carbocycles. The van der Waals surface area contributed by atoms with Crippen LogP contribution < -0.4 is 10.6 Å². The van der Waals surface area contributed by atoms with Crippen molar-refractivity contribution < 1.29 is 0 Å². The van der Waals surface area contributed by atoms with Gasteiger partial charge >= 0.3 is 5.69 Å². The third kappa shape index (κ3) is 2.75. The van der Waals surface area contributed by atoms with Gasteiger partial charge in [-0.25, -0.2) is 14.8 Å². The second kappa shape index (κ2) is 6.22. The Kier molecular flexibility index (Phi) is 3.90. The van der Waals surface area contributed by atoms with Gasteiger partial charge in [0.15, 0.2) is 10.8 Å². The van der Waals surface area contributed by atoms with E-state index < -0.39 is 0 Å². The van der Waals surface area contributed by atoms with E-state index in [-0.39, 0.29) is 22.6 Å². The molecule has 1 fully saturated rings. The number of hydrogen-bond donors (Lipinski definition) is 0. The highest BCUT2D eigenvalue weighted by Gasteiger charge is 2.24. The van der Waals surface area contributed by atoms with Gasteiger partial charge in [-0.2, -0.15) is 5.26 Å².